The molecular formula is C20H30N2O4S. The van der Waals surface area contributed by atoms with Gasteiger partial charge in [-0.05, 0) is 43.5 Å². The monoisotopic (exact) mass is 394 g/mol. The fourth-order valence-corrected chi connectivity index (χ4v) is 4.60. The number of nitrogens with zero attached hydrogens (tertiary/aromatic N) is 2. The molecule has 1 aromatic carbocycles. The van der Waals surface area contributed by atoms with E-state index in [9.17, 15) is 18.0 Å². The molecule has 6 nitrogen and oxygen atoms in total. The summed E-state index contributed by atoms with van der Waals surface area (Å²) >= 11 is 0. The van der Waals surface area contributed by atoms with Crippen molar-refractivity contribution in [2.75, 3.05) is 30.3 Å². The molecule has 0 aromatic heterocycles. The second-order valence-corrected chi connectivity index (χ2v) is 8.94. The van der Waals surface area contributed by atoms with E-state index in [0.29, 0.717) is 32.5 Å². The van der Waals surface area contributed by atoms with Crippen LogP contribution in [0.2, 0.25) is 0 Å². The van der Waals surface area contributed by atoms with Gasteiger partial charge in [-0.3, -0.25) is 9.59 Å². The third kappa shape index (κ3) is 5.09. The minimum Gasteiger partial charge on any atom is -0.343 e. The van der Waals surface area contributed by atoms with Gasteiger partial charge in [-0.1, -0.05) is 20.3 Å². The van der Waals surface area contributed by atoms with Crippen LogP contribution in [0.4, 0.5) is 5.69 Å². The Labute approximate surface area is 162 Å². The van der Waals surface area contributed by atoms with Gasteiger partial charge in [0.05, 0.1) is 10.6 Å². The molecule has 2 rings (SSSR count). The first-order valence-electron chi connectivity index (χ1n) is 9.77. The molecule has 1 heterocycles. The van der Waals surface area contributed by atoms with Crippen LogP contribution in [0.25, 0.3) is 0 Å². The van der Waals surface area contributed by atoms with Gasteiger partial charge in [0, 0.05) is 38.2 Å². The number of anilines is 1. The van der Waals surface area contributed by atoms with Crippen molar-refractivity contribution < 1.29 is 18.0 Å². The highest BCUT2D eigenvalue weighted by atomic mass is 32.2. The van der Waals surface area contributed by atoms with E-state index in [2.05, 4.69) is 6.92 Å². The standard InChI is InChI=1S/C20H30N2O4S/c1-4-7-12-21(6-3)20(24)11-14-27(25,26)17-8-9-18-16(15-17)10-13-22(18)19(23)5-2/h8-9,15H,4-7,10-14H2,1-3H3. The summed E-state index contributed by atoms with van der Waals surface area (Å²) in [4.78, 5) is 27.9. The molecule has 7 heteroatoms. The van der Waals surface area contributed by atoms with E-state index in [0.717, 1.165) is 24.1 Å². The molecule has 0 fully saturated rings. The molecule has 0 radical (unpaired) electrons. The van der Waals surface area contributed by atoms with E-state index in [-0.39, 0.29) is 28.9 Å². The summed E-state index contributed by atoms with van der Waals surface area (Å²) in [7, 11) is -3.53. The van der Waals surface area contributed by atoms with Crippen LogP contribution in [-0.2, 0) is 25.8 Å². The second-order valence-electron chi connectivity index (χ2n) is 6.84. The van der Waals surface area contributed by atoms with Crippen molar-refractivity contribution in [2.24, 2.45) is 0 Å². The molecule has 1 aliphatic rings. The molecule has 150 valence electrons. The Balaban J connectivity index is 2.07. The number of hydrogen-bond donors (Lipinski definition) is 0. The summed E-state index contributed by atoms with van der Waals surface area (Å²) in [5.41, 5.74) is 1.68. The quantitative estimate of drug-likeness (QED) is 0.645. The minimum atomic E-state index is -3.53. The largest absolute Gasteiger partial charge is 0.343 e. The van der Waals surface area contributed by atoms with Crippen molar-refractivity contribution in [2.45, 2.75) is 57.8 Å². The first-order chi connectivity index (χ1) is 12.8. The SMILES string of the molecule is CCCCN(CC)C(=O)CCS(=O)(=O)c1ccc2c(c1)CCN2C(=O)CC. The lowest BCUT2D eigenvalue weighted by Gasteiger charge is -2.20. The van der Waals surface area contributed by atoms with Crippen LogP contribution in [0.5, 0.6) is 0 Å². The lowest BCUT2D eigenvalue weighted by Crippen LogP contribution is -2.32. The highest BCUT2D eigenvalue weighted by molar-refractivity contribution is 7.91. The summed E-state index contributed by atoms with van der Waals surface area (Å²) in [6, 6.07) is 4.92. The maximum absolute atomic E-state index is 12.7. The van der Waals surface area contributed by atoms with Gasteiger partial charge in [-0.15, -0.1) is 0 Å². The Morgan fingerprint density at radius 1 is 1.19 bits per heavy atom. The number of carbonyl (C=O) groups excluding carboxylic acids is 2. The van der Waals surface area contributed by atoms with Crippen LogP contribution in [-0.4, -0.2) is 50.5 Å². The lowest BCUT2D eigenvalue weighted by molar-refractivity contribution is -0.130. The van der Waals surface area contributed by atoms with Crippen LogP contribution >= 0.6 is 0 Å². The second kappa shape index (κ2) is 9.35. The maximum Gasteiger partial charge on any atom is 0.226 e. The molecule has 0 spiro atoms. The maximum atomic E-state index is 12.7. The van der Waals surface area contributed by atoms with E-state index in [4.69, 9.17) is 0 Å². The molecule has 0 atom stereocenters. The van der Waals surface area contributed by atoms with E-state index < -0.39 is 9.84 Å². The highest BCUT2D eigenvalue weighted by Crippen LogP contribution is 2.31. The first kappa shape index (κ1) is 21.4. The molecule has 0 bridgehead atoms. The summed E-state index contributed by atoms with van der Waals surface area (Å²) in [6.45, 7) is 7.64. The molecule has 1 aliphatic heterocycles. The van der Waals surface area contributed by atoms with Crippen molar-refractivity contribution >= 4 is 27.3 Å². The molecule has 0 saturated carbocycles. The molecule has 1 aromatic rings. The van der Waals surface area contributed by atoms with Gasteiger partial charge < -0.3 is 9.80 Å². The normalized spacial score (nSPS) is 13.5. The van der Waals surface area contributed by atoms with Crippen molar-refractivity contribution in [1.29, 1.82) is 0 Å². The molecule has 2 amide bonds. The number of unbranched alkanes of at least 4 members (excludes halogenated alkanes) is 1. The third-order valence-corrected chi connectivity index (χ3v) is 6.72. The van der Waals surface area contributed by atoms with Crippen LogP contribution in [0.1, 0.15) is 52.0 Å². The van der Waals surface area contributed by atoms with Crippen LogP contribution in [0.15, 0.2) is 23.1 Å². The number of hydrogen-bond acceptors (Lipinski definition) is 4. The van der Waals surface area contributed by atoms with E-state index in [1.807, 2.05) is 13.8 Å². The van der Waals surface area contributed by atoms with Gasteiger partial charge in [0.25, 0.3) is 0 Å². The number of sulfone groups is 1. The molecule has 0 unspecified atom stereocenters. The summed E-state index contributed by atoms with van der Waals surface area (Å²) in [5.74, 6) is -0.262. The average Bonchev–Trinajstić information content (AvgIpc) is 3.09. The molecule has 0 N–H and O–H groups in total. The average molecular weight is 395 g/mol. The molecule has 0 aliphatic carbocycles. The van der Waals surface area contributed by atoms with Gasteiger partial charge in [-0.25, -0.2) is 8.42 Å². The Hall–Kier alpha value is -1.89. The highest BCUT2D eigenvalue weighted by Gasteiger charge is 2.26. The number of carbonyl (C=O) groups is 2. The smallest absolute Gasteiger partial charge is 0.226 e. The van der Waals surface area contributed by atoms with E-state index >= 15 is 0 Å². The van der Waals surface area contributed by atoms with Gasteiger partial charge in [-0.2, -0.15) is 0 Å². The van der Waals surface area contributed by atoms with Crippen molar-refractivity contribution in [3.63, 3.8) is 0 Å². The molecule has 27 heavy (non-hydrogen) atoms. The van der Waals surface area contributed by atoms with Crippen LogP contribution in [0, 0.1) is 0 Å². The van der Waals surface area contributed by atoms with E-state index in [1.54, 1.807) is 28.0 Å². The summed E-state index contributed by atoms with van der Waals surface area (Å²) in [5, 5.41) is 0. The lowest BCUT2D eigenvalue weighted by atomic mass is 10.2. The summed E-state index contributed by atoms with van der Waals surface area (Å²) < 4.78 is 25.4. The van der Waals surface area contributed by atoms with Crippen molar-refractivity contribution in [1.82, 2.24) is 4.90 Å². The predicted molar refractivity (Wildman–Crippen MR) is 107 cm³/mol. The topological polar surface area (TPSA) is 74.8 Å². The fraction of sp³-hybridized carbons (Fsp3) is 0.600. The number of fused-ring (bicyclic) bond motifs is 1. The van der Waals surface area contributed by atoms with Crippen molar-refractivity contribution in [3.05, 3.63) is 23.8 Å². The van der Waals surface area contributed by atoms with E-state index in [1.165, 1.54) is 0 Å². The zero-order chi connectivity index (χ0) is 20.0. The van der Waals surface area contributed by atoms with Gasteiger partial charge in [0.1, 0.15) is 0 Å². The van der Waals surface area contributed by atoms with Crippen LogP contribution in [0.3, 0.4) is 0 Å². The Morgan fingerprint density at radius 2 is 1.93 bits per heavy atom. The number of amides is 2. The zero-order valence-electron chi connectivity index (χ0n) is 16.5. The molecule has 0 saturated heterocycles. The molecular weight excluding hydrogens is 364 g/mol. The first-order valence-corrected chi connectivity index (χ1v) is 11.4. The Kier molecular flexibility index (Phi) is 7.41. The zero-order valence-corrected chi connectivity index (χ0v) is 17.3. The van der Waals surface area contributed by atoms with Gasteiger partial charge in [0.15, 0.2) is 9.84 Å². The fourth-order valence-electron chi connectivity index (χ4n) is 3.33. The van der Waals surface area contributed by atoms with Gasteiger partial charge in [0.2, 0.25) is 11.8 Å². The van der Waals surface area contributed by atoms with Gasteiger partial charge >= 0.3 is 0 Å². The predicted octanol–water partition coefficient (Wildman–Crippen LogP) is 2.80. The Morgan fingerprint density at radius 3 is 2.56 bits per heavy atom. The number of benzene rings is 1. The third-order valence-electron chi connectivity index (χ3n) is 5.01. The van der Waals surface area contributed by atoms with Crippen molar-refractivity contribution in [3.8, 4) is 0 Å². The Bertz CT molecular complexity index is 789. The number of rotatable bonds is 9. The summed E-state index contributed by atoms with van der Waals surface area (Å²) in [6.07, 6.45) is 2.99. The van der Waals surface area contributed by atoms with Crippen LogP contribution < -0.4 is 4.90 Å². The minimum absolute atomic E-state index is 0.00256.